The Kier molecular flexibility index (Phi) is 6.86. The number of nitrogens with zero attached hydrogens (tertiary/aromatic N) is 2. The van der Waals surface area contributed by atoms with E-state index in [0.717, 1.165) is 22.2 Å². The Labute approximate surface area is 192 Å². The molecule has 8 heteroatoms. The monoisotopic (exact) mass is 448 g/mol. The zero-order valence-corrected chi connectivity index (χ0v) is 18.6. The molecule has 1 aliphatic rings. The van der Waals surface area contributed by atoms with Crippen LogP contribution in [0.25, 0.3) is 10.9 Å². The predicted molar refractivity (Wildman–Crippen MR) is 124 cm³/mol. The van der Waals surface area contributed by atoms with E-state index in [1.54, 1.807) is 24.3 Å². The van der Waals surface area contributed by atoms with E-state index in [2.05, 4.69) is 15.6 Å². The summed E-state index contributed by atoms with van der Waals surface area (Å²) in [6.45, 7) is 3.80. The third kappa shape index (κ3) is 5.47. The van der Waals surface area contributed by atoms with E-state index < -0.39 is 5.54 Å². The van der Waals surface area contributed by atoms with E-state index in [0.29, 0.717) is 55.3 Å². The molecule has 172 valence electrons. The first kappa shape index (κ1) is 22.7. The quantitative estimate of drug-likeness (QED) is 0.278. The van der Waals surface area contributed by atoms with E-state index in [9.17, 15) is 14.8 Å². The normalized spacial score (nSPS) is 15.1. The van der Waals surface area contributed by atoms with Crippen molar-refractivity contribution in [2.45, 2.75) is 31.9 Å². The maximum absolute atomic E-state index is 12.9. The SMILES string of the molecule is Cc1cc(COc2ccc(C(=O)NC3(CN(O)C=O)CCNCC3)cc2)c2ccccc2n1. The van der Waals surface area contributed by atoms with Gasteiger partial charge < -0.3 is 15.4 Å². The van der Waals surface area contributed by atoms with Crippen LogP contribution in [0, 0.1) is 6.92 Å². The van der Waals surface area contributed by atoms with Crippen molar-refractivity contribution in [1.29, 1.82) is 0 Å². The zero-order chi connectivity index (χ0) is 23.3. The smallest absolute Gasteiger partial charge is 0.251 e. The number of nitrogens with one attached hydrogen (secondary N) is 2. The van der Waals surface area contributed by atoms with Gasteiger partial charge in [-0.25, -0.2) is 5.06 Å². The van der Waals surface area contributed by atoms with Gasteiger partial charge in [0.05, 0.1) is 17.6 Å². The number of hydrogen-bond acceptors (Lipinski definition) is 6. The van der Waals surface area contributed by atoms with Crippen LogP contribution in [0.5, 0.6) is 5.75 Å². The maximum atomic E-state index is 12.9. The predicted octanol–water partition coefficient (Wildman–Crippen LogP) is 2.82. The summed E-state index contributed by atoms with van der Waals surface area (Å²) in [5.74, 6) is 0.405. The topological polar surface area (TPSA) is 104 Å². The first-order valence-corrected chi connectivity index (χ1v) is 11.0. The number of aryl methyl sites for hydroxylation is 1. The third-order valence-electron chi connectivity index (χ3n) is 5.97. The Hall–Kier alpha value is -3.49. The first-order valence-electron chi connectivity index (χ1n) is 11.0. The van der Waals surface area contributed by atoms with Gasteiger partial charge in [0.25, 0.3) is 5.91 Å². The second-order valence-electron chi connectivity index (χ2n) is 8.44. The van der Waals surface area contributed by atoms with Crippen molar-refractivity contribution in [2.24, 2.45) is 0 Å². The van der Waals surface area contributed by atoms with Gasteiger partial charge in [0, 0.05) is 22.2 Å². The first-order chi connectivity index (χ1) is 16.0. The van der Waals surface area contributed by atoms with Crippen LogP contribution in [0.4, 0.5) is 0 Å². The molecule has 0 unspecified atom stereocenters. The summed E-state index contributed by atoms with van der Waals surface area (Å²) in [5.41, 5.74) is 2.73. The second kappa shape index (κ2) is 9.97. The van der Waals surface area contributed by atoms with Crippen LogP contribution in [0.1, 0.15) is 34.5 Å². The third-order valence-corrected chi connectivity index (χ3v) is 5.97. The summed E-state index contributed by atoms with van der Waals surface area (Å²) in [6.07, 6.45) is 1.59. The lowest BCUT2D eigenvalue weighted by molar-refractivity contribution is -0.154. The molecule has 0 atom stereocenters. The second-order valence-corrected chi connectivity index (χ2v) is 8.44. The number of ether oxygens (including phenoxy) is 1. The molecule has 2 amide bonds. The van der Waals surface area contributed by atoms with Crippen molar-refractivity contribution < 1.29 is 19.5 Å². The standard InChI is InChI=1S/C25H28N4O4/c1-18-14-20(22-4-2-3-5-23(22)27-18)15-33-21-8-6-19(7-9-21)24(31)28-25(16-29(32)17-30)10-12-26-13-11-25/h2-9,14,17,26,32H,10-13,15-16H2,1H3,(H,28,31). The van der Waals surface area contributed by atoms with Gasteiger partial charge in [0.2, 0.25) is 6.41 Å². The molecule has 3 N–H and O–H groups in total. The Morgan fingerprint density at radius 1 is 1.21 bits per heavy atom. The molecule has 0 bridgehead atoms. The van der Waals surface area contributed by atoms with Gasteiger partial charge in [0.15, 0.2) is 0 Å². The summed E-state index contributed by atoms with van der Waals surface area (Å²) >= 11 is 0. The highest BCUT2D eigenvalue weighted by molar-refractivity contribution is 5.94. The van der Waals surface area contributed by atoms with Crippen LogP contribution in [0.3, 0.4) is 0 Å². The molecular formula is C25H28N4O4. The van der Waals surface area contributed by atoms with Gasteiger partial charge in [-0.3, -0.25) is 19.8 Å². The van der Waals surface area contributed by atoms with Crippen molar-refractivity contribution in [2.75, 3.05) is 19.6 Å². The largest absolute Gasteiger partial charge is 0.489 e. The number of hydroxylamine groups is 2. The fourth-order valence-electron chi connectivity index (χ4n) is 4.27. The average Bonchev–Trinajstić information content (AvgIpc) is 2.83. The van der Waals surface area contributed by atoms with Crippen molar-refractivity contribution >= 4 is 23.2 Å². The minimum absolute atomic E-state index is 0.0461. The summed E-state index contributed by atoms with van der Waals surface area (Å²) < 4.78 is 5.98. The molecule has 0 aliphatic carbocycles. The Morgan fingerprint density at radius 3 is 2.67 bits per heavy atom. The number of aromatic nitrogens is 1. The molecule has 4 rings (SSSR count). The van der Waals surface area contributed by atoms with Crippen molar-refractivity contribution in [1.82, 2.24) is 20.7 Å². The van der Waals surface area contributed by atoms with Crippen molar-refractivity contribution in [3.8, 4) is 5.75 Å². The zero-order valence-electron chi connectivity index (χ0n) is 18.6. The van der Waals surface area contributed by atoms with E-state index >= 15 is 0 Å². The van der Waals surface area contributed by atoms with E-state index in [4.69, 9.17) is 4.74 Å². The average molecular weight is 449 g/mol. The minimum Gasteiger partial charge on any atom is -0.489 e. The molecule has 0 spiro atoms. The molecule has 1 aromatic heterocycles. The van der Waals surface area contributed by atoms with Crippen LogP contribution in [-0.2, 0) is 11.4 Å². The summed E-state index contributed by atoms with van der Waals surface area (Å²) in [6, 6.07) is 16.9. The number of rotatable bonds is 8. The van der Waals surface area contributed by atoms with Crippen LogP contribution in [0.15, 0.2) is 54.6 Å². The van der Waals surface area contributed by atoms with E-state index in [1.165, 1.54) is 0 Å². The maximum Gasteiger partial charge on any atom is 0.251 e. The summed E-state index contributed by atoms with van der Waals surface area (Å²) in [4.78, 5) is 28.4. The molecular weight excluding hydrogens is 420 g/mol. The van der Waals surface area contributed by atoms with Crippen LogP contribution in [-0.4, -0.2) is 52.7 Å². The lowest BCUT2D eigenvalue weighted by Crippen LogP contribution is -2.59. The van der Waals surface area contributed by atoms with Crippen molar-refractivity contribution in [3.05, 3.63) is 71.4 Å². The van der Waals surface area contributed by atoms with Crippen LogP contribution < -0.4 is 15.4 Å². The summed E-state index contributed by atoms with van der Waals surface area (Å²) in [7, 11) is 0. The van der Waals surface area contributed by atoms with E-state index in [-0.39, 0.29) is 12.5 Å². The molecule has 33 heavy (non-hydrogen) atoms. The highest BCUT2D eigenvalue weighted by Gasteiger charge is 2.35. The number of para-hydroxylation sites is 1. The number of pyridine rings is 1. The molecule has 0 radical (unpaired) electrons. The number of benzene rings is 2. The molecule has 3 aromatic rings. The fraction of sp³-hybridized carbons (Fsp3) is 0.320. The Balaban J connectivity index is 1.43. The molecule has 2 aromatic carbocycles. The van der Waals surface area contributed by atoms with Gasteiger partial charge in [0.1, 0.15) is 12.4 Å². The highest BCUT2D eigenvalue weighted by atomic mass is 16.5. The number of fused-ring (bicyclic) bond motifs is 1. The molecule has 0 saturated carbocycles. The number of carbonyl (C=O) groups excluding carboxylic acids is 2. The van der Waals surface area contributed by atoms with Gasteiger partial charge in [-0.05, 0) is 69.3 Å². The molecule has 2 heterocycles. The number of piperidine rings is 1. The highest BCUT2D eigenvalue weighted by Crippen LogP contribution is 2.23. The molecule has 1 saturated heterocycles. The van der Waals surface area contributed by atoms with Crippen LogP contribution in [0.2, 0.25) is 0 Å². The number of hydrogen-bond donors (Lipinski definition) is 3. The molecule has 1 fully saturated rings. The van der Waals surface area contributed by atoms with E-state index in [1.807, 2.05) is 37.3 Å². The van der Waals surface area contributed by atoms with Gasteiger partial charge in [-0.15, -0.1) is 0 Å². The minimum atomic E-state index is -0.673. The lowest BCUT2D eigenvalue weighted by atomic mass is 9.87. The van der Waals surface area contributed by atoms with Gasteiger partial charge in [-0.1, -0.05) is 18.2 Å². The van der Waals surface area contributed by atoms with Crippen molar-refractivity contribution in [3.63, 3.8) is 0 Å². The fourth-order valence-corrected chi connectivity index (χ4v) is 4.27. The van der Waals surface area contributed by atoms with Gasteiger partial charge >= 0.3 is 0 Å². The van der Waals surface area contributed by atoms with Crippen LogP contribution >= 0.6 is 0 Å². The molecule has 1 aliphatic heterocycles. The van der Waals surface area contributed by atoms with Gasteiger partial charge in [-0.2, -0.15) is 0 Å². The Bertz CT molecular complexity index is 1130. The number of amides is 2. The summed E-state index contributed by atoms with van der Waals surface area (Å²) in [5, 5.41) is 17.6. The number of carbonyl (C=O) groups is 2. The molecule has 8 nitrogen and oxygen atoms in total. The lowest BCUT2D eigenvalue weighted by Gasteiger charge is -2.39. The Morgan fingerprint density at radius 2 is 1.94 bits per heavy atom.